The first kappa shape index (κ1) is 16.8. The molecule has 134 valence electrons. The van der Waals surface area contributed by atoms with Crippen molar-refractivity contribution < 1.29 is 9.18 Å². The number of benzene rings is 1. The van der Waals surface area contributed by atoms with Crippen molar-refractivity contribution in [2.24, 2.45) is 0 Å². The Bertz CT molecular complexity index is 979. The van der Waals surface area contributed by atoms with E-state index in [1.807, 2.05) is 17.9 Å². The van der Waals surface area contributed by atoms with E-state index in [0.717, 1.165) is 0 Å². The molecule has 1 aliphatic heterocycles. The van der Waals surface area contributed by atoms with Crippen LogP contribution in [0.1, 0.15) is 16.2 Å². The Morgan fingerprint density at radius 2 is 1.88 bits per heavy atom. The van der Waals surface area contributed by atoms with E-state index in [4.69, 9.17) is 11.6 Å². The summed E-state index contributed by atoms with van der Waals surface area (Å²) in [5.74, 6) is -0.299. The maximum atomic E-state index is 14.0. The number of anilines is 1. The van der Waals surface area contributed by atoms with Gasteiger partial charge < -0.3 is 9.80 Å². The molecule has 0 unspecified atom stereocenters. The third-order valence-electron chi connectivity index (χ3n) is 4.73. The van der Waals surface area contributed by atoms with E-state index in [1.165, 1.54) is 6.07 Å². The molecule has 5 nitrogen and oxygen atoms in total. The Balaban J connectivity index is 1.54. The monoisotopic (exact) mass is 372 g/mol. The van der Waals surface area contributed by atoms with Crippen LogP contribution in [0.4, 0.5) is 10.1 Å². The number of piperazine rings is 1. The van der Waals surface area contributed by atoms with Gasteiger partial charge in [0.1, 0.15) is 17.2 Å². The zero-order valence-electron chi connectivity index (χ0n) is 14.3. The van der Waals surface area contributed by atoms with Crippen LogP contribution in [0.3, 0.4) is 0 Å². The minimum Gasteiger partial charge on any atom is -0.366 e. The van der Waals surface area contributed by atoms with Crippen LogP contribution in [0.25, 0.3) is 5.65 Å². The number of rotatable bonds is 2. The van der Waals surface area contributed by atoms with Gasteiger partial charge in [-0.1, -0.05) is 23.7 Å². The standard InChI is InChI=1S/C19H18ClFN4O/c1-13-18(25-7-6-14(20)12-17(25)22-13)19(26)24-10-8-23(9-11-24)16-5-3-2-4-15(16)21/h2-7,12H,8-11H2,1H3. The van der Waals surface area contributed by atoms with Crippen molar-refractivity contribution in [3.8, 4) is 0 Å². The highest BCUT2D eigenvalue weighted by Gasteiger charge is 2.27. The molecule has 2 aromatic heterocycles. The number of amides is 1. The van der Waals surface area contributed by atoms with Gasteiger partial charge in [0.25, 0.3) is 5.91 Å². The number of fused-ring (bicyclic) bond motifs is 1. The summed E-state index contributed by atoms with van der Waals surface area (Å²) in [5, 5.41) is 0.583. The minimum absolute atomic E-state index is 0.0643. The number of hydrogen-bond donors (Lipinski definition) is 0. The van der Waals surface area contributed by atoms with Crippen LogP contribution < -0.4 is 4.90 Å². The summed E-state index contributed by atoms with van der Waals surface area (Å²) in [6, 6.07) is 10.2. The lowest BCUT2D eigenvalue weighted by molar-refractivity contribution is 0.0739. The van der Waals surface area contributed by atoms with Crippen molar-refractivity contribution in [3.05, 3.63) is 64.8 Å². The van der Waals surface area contributed by atoms with Crippen molar-refractivity contribution in [3.63, 3.8) is 0 Å². The lowest BCUT2D eigenvalue weighted by atomic mass is 10.2. The van der Waals surface area contributed by atoms with Crippen molar-refractivity contribution in [2.45, 2.75) is 6.92 Å². The van der Waals surface area contributed by atoms with Gasteiger partial charge in [-0.2, -0.15) is 0 Å². The van der Waals surface area contributed by atoms with Crippen molar-refractivity contribution >= 4 is 28.8 Å². The predicted octanol–water partition coefficient (Wildman–Crippen LogP) is 3.40. The molecule has 0 radical (unpaired) electrons. The number of carbonyl (C=O) groups excluding carboxylic acids is 1. The van der Waals surface area contributed by atoms with E-state index in [-0.39, 0.29) is 11.7 Å². The summed E-state index contributed by atoms with van der Waals surface area (Å²) >= 11 is 6.01. The molecule has 1 fully saturated rings. The fraction of sp³-hybridized carbons (Fsp3) is 0.263. The van der Waals surface area contributed by atoms with Crippen LogP contribution in [-0.4, -0.2) is 46.4 Å². The lowest BCUT2D eigenvalue weighted by Crippen LogP contribution is -2.49. The van der Waals surface area contributed by atoms with Gasteiger partial charge >= 0.3 is 0 Å². The quantitative estimate of drug-likeness (QED) is 0.692. The Morgan fingerprint density at radius 1 is 1.15 bits per heavy atom. The molecular weight excluding hydrogens is 355 g/mol. The Kier molecular flexibility index (Phi) is 4.28. The number of halogens is 2. The fourth-order valence-electron chi connectivity index (χ4n) is 3.40. The molecule has 0 N–H and O–H groups in total. The molecule has 1 aromatic carbocycles. The average molecular weight is 373 g/mol. The molecule has 26 heavy (non-hydrogen) atoms. The van der Waals surface area contributed by atoms with Gasteiger partial charge in [-0.15, -0.1) is 0 Å². The van der Waals surface area contributed by atoms with E-state index in [0.29, 0.717) is 53.9 Å². The maximum Gasteiger partial charge on any atom is 0.272 e. The van der Waals surface area contributed by atoms with Crippen molar-refractivity contribution in [1.82, 2.24) is 14.3 Å². The van der Waals surface area contributed by atoms with E-state index >= 15 is 0 Å². The first-order valence-electron chi connectivity index (χ1n) is 8.47. The maximum absolute atomic E-state index is 14.0. The van der Waals surface area contributed by atoms with Crippen LogP contribution in [0.2, 0.25) is 5.02 Å². The van der Waals surface area contributed by atoms with E-state index in [9.17, 15) is 9.18 Å². The Labute approximate surface area is 155 Å². The molecule has 0 atom stereocenters. The number of pyridine rings is 1. The molecule has 0 spiro atoms. The van der Waals surface area contributed by atoms with Gasteiger partial charge in [-0.05, 0) is 25.1 Å². The van der Waals surface area contributed by atoms with Gasteiger partial charge in [0, 0.05) is 43.5 Å². The number of aromatic nitrogens is 2. The zero-order chi connectivity index (χ0) is 18.3. The number of nitrogens with zero attached hydrogens (tertiary/aromatic N) is 4. The third kappa shape index (κ3) is 2.90. The largest absolute Gasteiger partial charge is 0.366 e. The normalized spacial score (nSPS) is 14.9. The summed E-state index contributed by atoms with van der Waals surface area (Å²) < 4.78 is 15.7. The second-order valence-corrected chi connectivity index (χ2v) is 6.79. The van der Waals surface area contributed by atoms with Gasteiger partial charge in [0.15, 0.2) is 0 Å². The van der Waals surface area contributed by atoms with Gasteiger partial charge in [-0.3, -0.25) is 9.20 Å². The fourth-order valence-corrected chi connectivity index (χ4v) is 3.56. The van der Waals surface area contributed by atoms with Crippen LogP contribution in [-0.2, 0) is 0 Å². The first-order valence-corrected chi connectivity index (χ1v) is 8.85. The summed E-state index contributed by atoms with van der Waals surface area (Å²) in [6.07, 6.45) is 1.76. The third-order valence-corrected chi connectivity index (χ3v) is 4.96. The van der Waals surface area contributed by atoms with Crippen LogP contribution in [0.5, 0.6) is 0 Å². The predicted molar refractivity (Wildman–Crippen MR) is 99.5 cm³/mol. The Hall–Kier alpha value is -2.60. The highest BCUT2D eigenvalue weighted by atomic mass is 35.5. The average Bonchev–Trinajstić information content (AvgIpc) is 2.96. The minimum atomic E-state index is -0.234. The van der Waals surface area contributed by atoms with Crippen molar-refractivity contribution in [1.29, 1.82) is 0 Å². The Morgan fingerprint density at radius 3 is 2.62 bits per heavy atom. The van der Waals surface area contributed by atoms with E-state index in [2.05, 4.69) is 4.98 Å². The summed E-state index contributed by atoms with van der Waals surface area (Å²) in [7, 11) is 0. The number of para-hydroxylation sites is 1. The van der Waals surface area contributed by atoms with Gasteiger partial charge in [0.2, 0.25) is 0 Å². The molecule has 3 heterocycles. The summed E-state index contributed by atoms with van der Waals surface area (Å²) in [5.41, 5.74) is 2.47. The van der Waals surface area contributed by atoms with Crippen LogP contribution in [0.15, 0.2) is 42.6 Å². The molecule has 0 aliphatic carbocycles. The second kappa shape index (κ2) is 6.61. The summed E-state index contributed by atoms with van der Waals surface area (Å²) in [6.45, 7) is 4.08. The summed E-state index contributed by atoms with van der Waals surface area (Å²) in [4.78, 5) is 21.2. The topological polar surface area (TPSA) is 40.9 Å². The number of hydrogen-bond acceptors (Lipinski definition) is 3. The molecule has 7 heteroatoms. The highest BCUT2D eigenvalue weighted by Crippen LogP contribution is 2.22. The van der Waals surface area contributed by atoms with Gasteiger partial charge in [0.05, 0.1) is 11.4 Å². The second-order valence-electron chi connectivity index (χ2n) is 6.35. The van der Waals surface area contributed by atoms with E-state index in [1.54, 1.807) is 39.8 Å². The molecular formula is C19H18ClFN4O. The molecule has 0 saturated carbocycles. The van der Waals surface area contributed by atoms with Crippen LogP contribution in [0, 0.1) is 12.7 Å². The number of imidazole rings is 1. The van der Waals surface area contributed by atoms with E-state index < -0.39 is 0 Å². The molecule has 1 aliphatic rings. The number of carbonyl (C=O) groups is 1. The molecule has 3 aromatic rings. The number of aryl methyl sites for hydroxylation is 1. The SMILES string of the molecule is Cc1nc2cc(Cl)ccn2c1C(=O)N1CCN(c2ccccc2F)CC1. The van der Waals surface area contributed by atoms with Gasteiger partial charge in [-0.25, -0.2) is 9.37 Å². The molecule has 4 rings (SSSR count). The first-order chi connectivity index (χ1) is 12.5. The molecule has 1 saturated heterocycles. The van der Waals surface area contributed by atoms with Crippen LogP contribution >= 0.6 is 11.6 Å². The molecule has 1 amide bonds. The molecule has 0 bridgehead atoms. The van der Waals surface area contributed by atoms with Crippen molar-refractivity contribution in [2.75, 3.05) is 31.1 Å². The smallest absolute Gasteiger partial charge is 0.272 e. The zero-order valence-corrected chi connectivity index (χ0v) is 15.1. The highest BCUT2D eigenvalue weighted by molar-refractivity contribution is 6.30. The lowest BCUT2D eigenvalue weighted by Gasteiger charge is -2.36.